The molecule has 0 bridgehead atoms. The van der Waals surface area contributed by atoms with Gasteiger partial charge in [-0.05, 0) is 5.41 Å². The molecule has 0 aliphatic carbocycles. The van der Waals surface area contributed by atoms with Crippen molar-refractivity contribution in [1.29, 1.82) is 0 Å². The molecule has 0 saturated carbocycles. The molecule has 6 heteroatoms. The van der Waals surface area contributed by atoms with Gasteiger partial charge in [0.15, 0.2) is 0 Å². The molecule has 0 aromatic carbocycles. The molecule has 0 aromatic rings. The lowest BCUT2D eigenvalue weighted by Gasteiger charge is -2.21. The molecule has 0 saturated heterocycles. The number of carboxylic acids is 1. The van der Waals surface area contributed by atoms with Crippen molar-refractivity contribution in [3.8, 4) is 0 Å². The van der Waals surface area contributed by atoms with Gasteiger partial charge in [0.05, 0.1) is 13.0 Å². The molecule has 0 aliphatic heterocycles. The number of rotatable bonds is 6. The standard InChI is InChI=1S/C10H18N2O4/c1-10(2,5-9(15)16)4-7(13)12-6-8(14)11-3/h4-6H2,1-3H3,(H,11,14)(H,12,13)(H,15,16). The van der Waals surface area contributed by atoms with Crippen molar-refractivity contribution in [2.24, 2.45) is 5.41 Å². The smallest absolute Gasteiger partial charge is 0.303 e. The Kier molecular flexibility index (Phi) is 5.49. The van der Waals surface area contributed by atoms with Crippen LogP contribution in [0.5, 0.6) is 0 Å². The first-order valence-electron chi connectivity index (χ1n) is 4.96. The summed E-state index contributed by atoms with van der Waals surface area (Å²) in [6, 6.07) is 0. The predicted molar refractivity (Wildman–Crippen MR) is 57.7 cm³/mol. The number of carboxylic acid groups (broad SMARTS) is 1. The maximum atomic E-state index is 11.4. The van der Waals surface area contributed by atoms with Crippen molar-refractivity contribution in [3.63, 3.8) is 0 Å². The van der Waals surface area contributed by atoms with E-state index in [0.29, 0.717) is 0 Å². The van der Waals surface area contributed by atoms with Crippen LogP contribution in [0.4, 0.5) is 0 Å². The highest BCUT2D eigenvalue weighted by molar-refractivity contribution is 5.85. The molecule has 16 heavy (non-hydrogen) atoms. The van der Waals surface area contributed by atoms with Crippen LogP contribution in [0.25, 0.3) is 0 Å². The molecule has 2 amide bonds. The van der Waals surface area contributed by atoms with Crippen LogP contribution in [0.2, 0.25) is 0 Å². The Balaban J connectivity index is 4.03. The number of carbonyl (C=O) groups is 3. The first kappa shape index (κ1) is 14.4. The molecule has 0 aliphatic rings. The van der Waals surface area contributed by atoms with Crippen molar-refractivity contribution in [2.45, 2.75) is 26.7 Å². The quantitative estimate of drug-likeness (QED) is 0.585. The Hall–Kier alpha value is -1.59. The molecular weight excluding hydrogens is 212 g/mol. The molecule has 6 nitrogen and oxygen atoms in total. The summed E-state index contributed by atoms with van der Waals surface area (Å²) in [4.78, 5) is 32.7. The number of nitrogens with one attached hydrogen (secondary N) is 2. The largest absolute Gasteiger partial charge is 0.481 e. The molecule has 0 atom stereocenters. The summed E-state index contributed by atoms with van der Waals surface area (Å²) < 4.78 is 0. The van der Waals surface area contributed by atoms with Crippen LogP contribution >= 0.6 is 0 Å². The van der Waals surface area contributed by atoms with Crippen LogP contribution in [0, 0.1) is 5.41 Å². The molecule has 0 unspecified atom stereocenters. The first-order valence-corrected chi connectivity index (χ1v) is 4.96. The van der Waals surface area contributed by atoms with Crippen LogP contribution in [0.15, 0.2) is 0 Å². The van der Waals surface area contributed by atoms with Crippen molar-refractivity contribution < 1.29 is 19.5 Å². The third-order valence-corrected chi connectivity index (χ3v) is 1.99. The van der Waals surface area contributed by atoms with Crippen LogP contribution in [-0.2, 0) is 14.4 Å². The lowest BCUT2D eigenvalue weighted by Crippen LogP contribution is -2.37. The Morgan fingerprint density at radius 3 is 2.12 bits per heavy atom. The first-order chi connectivity index (χ1) is 7.26. The topological polar surface area (TPSA) is 95.5 Å². The van der Waals surface area contributed by atoms with Gasteiger partial charge < -0.3 is 15.7 Å². The Morgan fingerprint density at radius 1 is 1.12 bits per heavy atom. The van der Waals surface area contributed by atoms with Crippen LogP contribution < -0.4 is 10.6 Å². The summed E-state index contributed by atoms with van der Waals surface area (Å²) in [5.74, 6) is -1.55. The van der Waals surface area contributed by atoms with E-state index in [-0.39, 0.29) is 31.2 Å². The Labute approximate surface area is 94.4 Å². The maximum Gasteiger partial charge on any atom is 0.303 e. The van der Waals surface area contributed by atoms with Crippen molar-refractivity contribution >= 4 is 17.8 Å². The number of hydrogen-bond acceptors (Lipinski definition) is 3. The minimum Gasteiger partial charge on any atom is -0.481 e. The van der Waals surface area contributed by atoms with Gasteiger partial charge in [0.1, 0.15) is 0 Å². The molecule has 0 rings (SSSR count). The van der Waals surface area contributed by atoms with Gasteiger partial charge in [-0.1, -0.05) is 13.8 Å². The van der Waals surface area contributed by atoms with Gasteiger partial charge in [-0.15, -0.1) is 0 Å². The second-order valence-electron chi connectivity index (χ2n) is 4.36. The summed E-state index contributed by atoms with van der Waals surface area (Å²) in [6.45, 7) is 3.31. The molecule has 0 fully saturated rings. The predicted octanol–water partition coefficient (Wildman–Crippen LogP) is -0.260. The van der Waals surface area contributed by atoms with Gasteiger partial charge in [-0.2, -0.15) is 0 Å². The number of carbonyl (C=O) groups excluding carboxylic acids is 2. The SMILES string of the molecule is CNC(=O)CNC(=O)CC(C)(C)CC(=O)O. The van der Waals surface area contributed by atoms with E-state index in [2.05, 4.69) is 10.6 Å². The highest BCUT2D eigenvalue weighted by Gasteiger charge is 2.25. The van der Waals surface area contributed by atoms with E-state index >= 15 is 0 Å². The van der Waals surface area contributed by atoms with Crippen molar-refractivity contribution in [3.05, 3.63) is 0 Å². The van der Waals surface area contributed by atoms with E-state index in [1.807, 2.05) is 0 Å². The number of aliphatic carboxylic acids is 1. The van der Waals surface area contributed by atoms with Gasteiger partial charge in [0, 0.05) is 13.5 Å². The second kappa shape index (κ2) is 6.09. The zero-order chi connectivity index (χ0) is 12.8. The zero-order valence-electron chi connectivity index (χ0n) is 9.79. The van der Waals surface area contributed by atoms with Crippen molar-refractivity contribution in [2.75, 3.05) is 13.6 Å². The molecule has 0 heterocycles. The van der Waals surface area contributed by atoms with Gasteiger partial charge in [-0.25, -0.2) is 0 Å². The fraction of sp³-hybridized carbons (Fsp3) is 0.700. The fourth-order valence-corrected chi connectivity index (χ4v) is 1.24. The highest BCUT2D eigenvalue weighted by atomic mass is 16.4. The summed E-state index contributed by atoms with van der Waals surface area (Å²) in [6.07, 6.45) is -0.00329. The van der Waals surface area contributed by atoms with Gasteiger partial charge in [0.2, 0.25) is 11.8 Å². The van der Waals surface area contributed by atoms with E-state index < -0.39 is 11.4 Å². The van der Waals surface area contributed by atoms with Crippen LogP contribution in [-0.4, -0.2) is 36.5 Å². The molecule has 0 radical (unpaired) electrons. The summed E-state index contributed by atoms with van der Waals surface area (Å²) in [7, 11) is 1.48. The monoisotopic (exact) mass is 230 g/mol. The van der Waals surface area contributed by atoms with E-state index in [9.17, 15) is 14.4 Å². The number of likely N-dealkylation sites (N-methyl/N-ethyl adjacent to an activating group) is 1. The van der Waals surface area contributed by atoms with Crippen LogP contribution in [0.1, 0.15) is 26.7 Å². The third-order valence-electron chi connectivity index (χ3n) is 1.99. The molecule has 3 N–H and O–H groups in total. The minimum absolute atomic E-state index is 0.0797. The number of amides is 2. The van der Waals surface area contributed by atoms with Gasteiger partial charge in [0.25, 0.3) is 0 Å². The third kappa shape index (κ3) is 6.80. The number of hydrogen-bond donors (Lipinski definition) is 3. The normalized spacial score (nSPS) is 10.7. The van der Waals surface area contributed by atoms with E-state index in [4.69, 9.17) is 5.11 Å². The lowest BCUT2D eigenvalue weighted by molar-refractivity contribution is -0.140. The minimum atomic E-state index is -0.941. The van der Waals surface area contributed by atoms with E-state index in [1.165, 1.54) is 7.05 Å². The van der Waals surface area contributed by atoms with Crippen LogP contribution in [0.3, 0.4) is 0 Å². The summed E-state index contributed by atoms with van der Waals surface area (Å²) >= 11 is 0. The second-order valence-corrected chi connectivity index (χ2v) is 4.36. The zero-order valence-corrected chi connectivity index (χ0v) is 9.79. The average Bonchev–Trinajstić information content (AvgIpc) is 2.11. The molecule has 0 aromatic heterocycles. The summed E-state index contributed by atoms with van der Waals surface area (Å²) in [5.41, 5.74) is -0.612. The highest BCUT2D eigenvalue weighted by Crippen LogP contribution is 2.24. The summed E-state index contributed by atoms with van der Waals surface area (Å²) in [5, 5.41) is 13.4. The average molecular weight is 230 g/mol. The maximum absolute atomic E-state index is 11.4. The molecule has 0 spiro atoms. The lowest BCUT2D eigenvalue weighted by atomic mass is 9.85. The van der Waals surface area contributed by atoms with Gasteiger partial charge >= 0.3 is 5.97 Å². The Bertz CT molecular complexity index is 287. The van der Waals surface area contributed by atoms with Crippen molar-refractivity contribution in [1.82, 2.24) is 10.6 Å². The molecule has 92 valence electrons. The van der Waals surface area contributed by atoms with E-state index in [0.717, 1.165) is 0 Å². The van der Waals surface area contributed by atoms with Gasteiger partial charge in [-0.3, -0.25) is 14.4 Å². The van der Waals surface area contributed by atoms with E-state index in [1.54, 1.807) is 13.8 Å². The molecular formula is C10H18N2O4. The fourth-order valence-electron chi connectivity index (χ4n) is 1.24. The Morgan fingerprint density at radius 2 is 1.69 bits per heavy atom.